The molecule has 0 unspecified atom stereocenters. The van der Waals surface area contributed by atoms with Crippen LogP contribution in [0.4, 0.5) is 15.8 Å². The first-order valence-corrected chi connectivity index (χ1v) is 8.89. The van der Waals surface area contributed by atoms with E-state index in [2.05, 4.69) is 5.32 Å². The van der Waals surface area contributed by atoms with Crippen molar-refractivity contribution in [1.29, 1.82) is 0 Å². The van der Waals surface area contributed by atoms with Gasteiger partial charge in [0, 0.05) is 29.3 Å². The Labute approximate surface area is 169 Å². The number of furan rings is 1. The van der Waals surface area contributed by atoms with E-state index in [1.807, 2.05) is 6.92 Å². The minimum absolute atomic E-state index is 0.00933. The highest BCUT2D eigenvalue weighted by Gasteiger charge is 2.23. The van der Waals surface area contributed by atoms with Gasteiger partial charge in [0.15, 0.2) is 6.61 Å². The summed E-state index contributed by atoms with van der Waals surface area (Å²) >= 11 is 0. The van der Waals surface area contributed by atoms with Gasteiger partial charge in [-0.25, -0.2) is 4.79 Å². The molecule has 0 aliphatic carbocycles. The first-order valence-electron chi connectivity index (χ1n) is 8.89. The number of ether oxygens (including phenoxy) is 2. The summed E-state index contributed by atoms with van der Waals surface area (Å²) in [6, 6.07) is 9.89. The molecule has 9 nitrogen and oxygen atoms in total. The third-order valence-corrected chi connectivity index (χ3v) is 4.10. The Balaban J connectivity index is 1.69. The number of anilines is 1. The van der Waals surface area contributed by atoms with Crippen LogP contribution in [0.5, 0.6) is 0 Å². The van der Waals surface area contributed by atoms with Crippen molar-refractivity contribution in [3.05, 3.63) is 69.7 Å². The number of rotatable bonds is 8. The Bertz CT molecular complexity index is 1110. The fourth-order valence-electron chi connectivity index (χ4n) is 2.74. The highest BCUT2D eigenvalue weighted by atomic mass is 19.1. The highest BCUT2D eigenvalue weighted by molar-refractivity contribution is 5.98. The van der Waals surface area contributed by atoms with Crippen LogP contribution in [0.2, 0.25) is 0 Å². The number of carbonyl (C=O) groups is 2. The van der Waals surface area contributed by atoms with Gasteiger partial charge in [0.1, 0.15) is 5.58 Å². The molecular formula is C20H17FN2O7. The number of nitrogens with zero attached hydrogens (tertiary/aromatic N) is 1. The summed E-state index contributed by atoms with van der Waals surface area (Å²) in [4.78, 5) is 34.4. The standard InChI is InChI=1S/C20H17FN2O7/c1-2-28-10-14-13-5-3-4-6-17(13)30-19(14)20(25)29-11-18(24)22-12-7-8-15(21)16(9-12)23(26)27/h3-9H,2,10-11H2,1H3,(H,22,24). The smallest absolute Gasteiger partial charge is 0.375 e. The number of nitrogens with one attached hydrogen (secondary N) is 1. The van der Waals surface area contributed by atoms with E-state index in [4.69, 9.17) is 13.9 Å². The molecule has 0 bridgehead atoms. The molecule has 3 rings (SSSR count). The first kappa shape index (κ1) is 20.9. The van der Waals surface area contributed by atoms with Crippen molar-refractivity contribution < 1.29 is 32.8 Å². The third kappa shape index (κ3) is 4.61. The number of benzene rings is 2. The highest BCUT2D eigenvalue weighted by Crippen LogP contribution is 2.27. The number of carbonyl (C=O) groups excluding carboxylic acids is 2. The van der Waals surface area contributed by atoms with Gasteiger partial charge in [0.25, 0.3) is 5.91 Å². The fourth-order valence-corrected chi connectivity index (χ4v) is 2.74. The molecule has 1 amide bonds. The molecule has 0 fully saturated rings. The van der Waals surface area contributed by atoms with E-state index in [-0.39, 0.29) is 18.1 Å². The van der Waals surface area contributed by atoms with Crippen LogP contribution in [0.1, 0.15) is 23.0 Å². The van der Waals surface area contributed by atoms with Crippen molar-refractivity contribution in [3.8, 4) is 0 Å². The average Bonchev–Trinajstić information content (AvgIpc) is 3.10. The summed E-state index contributed by atoms with van der Waals surface area (Å²) in [6.45, 7) is 1.70. The number of esters is 1. The Kier molecular flexibility index (Phi) is 6.38. The van der Waals surface area contributed by atoms with Crippen LogP contribution < -0.4 is 5.32 Å². The van der Waals surface area contributed by atoms with E-state index in [1.165, 1.54) is 0 Å². The number of nitro groups is 1. The SMILES string of the molecule is CCOCc1c(C(=O)OCC(=O)Nc2ccc(F)c([N+](=O)[O-])c2)oc2ccccc12. The molecule has 0 radical (unpaired) electrons. The van der Waals surface area contributed by atoms with Crippen molar-refractivity contribution in [2.75, 3.05) is 18.5 Å². The van der Waals surface area contributed by atoms with Crippen molar-refractivity contribution in [2.24, 2.45) is 0 Å². The van der Waals surface area contributed by atoms with E-state index in [1.54, 1.807) is 24.3 Å². The molecule has 2 aromatic carbocycles. The number of para-hydroxylation sites is 1. The maximum absolute atomic E-state index is 13.4. The zero-order valence-electron chi connectivity index (χ0n) is 15.8. The molecule has 0 aliphatic rings. The lowest BCUT2D eigenvalue weighted by Crippen LogP contribution is -2.21. The van der Waals surface area contributed by atoms with Crippen LogP contribution in [0, 0.1) is 15.9 Å². The molecule has 1 heterocycles. The number of hydrogen-bond acceptors (Lipinski definition) is 7. The second-order valence-corrected chi connectivity index (χ2v) is 6.09. The molecule has 156 valence electrons. The zero-order chi connectivity index (χ0) is 21.7. The Morgan fingerprint density at radius 1 is 1.23 bits per heavy atom. The van der Waals surface area contributed by atoms with Gasteiger partial charge in [-0.05, 0) is 25.1 Å². The van der Waals surface area contributed by atoms with Gasteiger partial charge >= 0.3 is 11.7 Å². The van der Waals surface area contributed by atoms with Crippen molar-refractivity contribution in [1.82, 2.24) is 0 Å². The lowest BCUT2D eigenvalue weighted by Gasteiger charge is -2.07. The zero-order valence-corrected chi connectivity index (χ0v) is 15.8. The quantitative estimate of drug-likeness (QED) is 0.337. The van der Waals surface area contributed by atoms with E-state index in [0.717, 1.165) is 18.2 Å². The summed E-state index contributed by atoms with van der Waals surface area (Å²) in [7, 11) is 0. The molecular weight excluding hydrogens is 399 g/mol. The van der Waals surface area contributed by atoms with Crippen LogP contribution in [0.3, 0.4) is 0 Å². The van der Waals surface area contributed by atoms with Crippen molar-refractivity contribution in [2.45, 2.75) is 13.5 Å². The lowest BCUT2D eigenvalue weighted by atomic mass is 10.1. The molecule has 10 heteroatoms. The molecule has 0 saturated carbocycles. The maximum Gasteiger partial charge on any atom is 0.375 e. The van der Waals surface area contributed by atoms with Gasteiger partial charge in [-0.1, -0.05) is 18.2 Å². The van der Waals surface area contributed by atoms with E-state index in [0.29, 0.717) is 23.1 Å². The average molecular weight is 416 g/mol. The summed E-state index contributed by atoms with van der Waals surface area (Å²) < 4.78 is 29.3. The second-order valence-electron chi connectivity index (χ2n) is 6.09. The number of nitro benzene ring substituents is 1. The van der Waals surface area contributed by atoms with Crippen LogP contribution in [-0.4, -0.2) is 30.0 Å². The molecule has 1 N–H and O–H groups in total. The minimum atomic E-state index is -1.03. The number of hydrogen-bond donors (Lipinski definition) is 1. The molecule has 0 saturated heterocycles. The van der Waals surface area contributed by atoms with Crippen LogP contribution in [0.25, 0.3) is 11.0 Å². The Hall–Kier alpha value is -3.79. The van der Waals surface area contributed by atoms with Gasteiger partial charge in [0.05, 0.1) is 11.5 Å². The third-order valence-electron chi connectivity index (χ3n) is 4.10. The predicted octanol–water partition coefficient (Wildman–Crippen LogP) is 3.81. The van der Waals surface area contributed by atoms with E-state index >= 15 is 0 Å². The number of halogens is 1. The Morgan fingerprint density at radius 3 is 2.73 bits per heavy atom. The van der Waals surface area contributed by atoms with Gasteiger partial charge in [-0.15, -0.1) is 0 Å². The molecule has 0 spiro atoms. The van der Waals surface area contributed by atoms with Gasteiger partial charge in [0.2, 0.25) is 11.6 Å². The second kappa shape index (κ2) is 9.14. The monoisotopic (exact) mass is 416 g/mol. The minimum Gasteiger partial charge on any atom is -0.450 e. The summed E-state index contributed by atoms with van der Waals surface area (Å²) in [5.74, 6) is -2.72. The largest absolute Gasteiger partial charge is 0.450 e. The van der Waals surface area contributed by atoms with Crippen molar-refractivity contribution in [3.63, 3.8) is 0 Å². The maximum atomic E-state index is 13.4. The van der Waals surface area contributed by atoms with Crippen LogP contribution >= 0.6 is 0 Å². The molecule has 1 aromatic heterocycles. The van der Waals surface area contributed by atoms with Gasteiger partial charge in [-0.3, -0.25) is 14.9 Å². The van der Waals surface area contributed by atoms with E-state index in [9.17, 15) is 24.1 Å². The fraction of sp³-hybridized carbons (Fsp3) is 0.200. The number of fused-ring (bicyclic) bond motifs is 1. The van der Waals surface area contributed by atoms with Crippen LogP contribution in [0.15, 0.2) is 46.9 Å². The normalized spacial score (nSPS) is 10.7. The topological polar surface area (TPSA) is 121 Å². The van der Waals surface area contributed by atoms with Gasteiger partial charge in [-0.2, -0.15) is 4.39 Å². The summed E-state index contributed by atoms with van der Waals surface area (Å²) in [5, 5.41) is 13.8. The summed E-state index contributed by atoms with van der Waals surface area (Å²) in [6.07, 6.45) is 0. The molecule has 3 aromatic rings. The predicted molar refractivity (Wildman–Crippen MR) is 104 cm³/mol. The lowest BCUT2D eigenvalue weighted by molar-refractivity contribution is -0.387. The van der Waals surface area contributed by atoms with Gasteiger partial charge < -0.3 is 19.2 Å². The Morgan fingerprint density at radius 2 is 2.00 bits per heavy atom. The first-order chi connectivity index (χ1) is 14.4. The molecule has 30 heavy (non-hydrogen) atoms. The van der Waals surface area contributed by atoms with Crippen LogP contribution in [-0.2, 0) is 20.9 Å². The molecule has 0 atom stereocenters. The summed E-state index contributed by atoms with van der Waals surface area (Å²) in [5.41, 5.74) is 0.187. The number of amides is 1. The van der Waals surface area contributed by atoms with E-state index < -0.39 is 34.9 Å². The van der Waals surface area contributed by atoms with Crippen molar-refractivity contribution >= 4 is 34.2 Å². The molecule has 0 aliphatic heterocycles.